The number of hydrogen-bond donors (Lipinski definition) is 1. The molecule has 1 amide bonds. The van der Waals surface area contributed by atoms with Crippen LogP contribution in [0.5, 0.6) is 0 Å². The molecule has 3 rings (SSSR count). The maximum atomic E-state index is 12.6. The van der Waals surface area contributed by atoms with Crippen molar-refractivity contribution in [3.63, 3.8) is 0 Å². The molecule has 6 nitrogen and oxygen atoms in total. The average molecular weight is 405 g/mol. The number of carbonyl (C=O) groups excluding carboxylic acids is 1. The molecule has 1 aromatic carbocycles. The van der Waals surface area contributed by atoms with Gasteiger partial charge in [0, 0.05) is 19.5 Å². The summed E-state index contributed by atoms with van der Waals surface area (Å²) in [7, 11) is -1.69. The standard InChI is InChI=1S/C21H28N2O4S/c1-16-5-11-20(12-6-16)28(25,26)22-14-17-7-9-18(10-8-17)21(24)23(2)15-19-4-3-13-27-19/h3-6,11-13,17-18,22H,7-10,14-15H2,1-2H3. The van der Waals surface area contributed by atoms with Gasteiger partial charge in [0.05, 0.1) is 17.7 Å². The van der Waals surface area contributed by atoms with Crippen molar-refractivity contribution in [2.45, 2.75) is 44.0 Å². The molecule has 152 valence electrons. The largest absolute Gasteiger partial charge is 0.467 e. The van der Waals surface area contributed by atoms with Crippen molar-refractivity contribution in [1.29, 1.82) is 0 Å². The van der Waals surface area contributed by atoms with Crippen molar-refractivity contribution in [3.05, 3.63) is 54.0 Å². The minimum atomic E-state index is -3.48. The van der Waals surface area contributed by atoms with Gasteiger partial charge in [-0.15, -0.1) is 0 Å². The first-order valence-corrected chi connectivity index (χ1v) is 11.2. The van der Waals surface area contributed by atoms with Gasteiger partial charge in [-0.3, -0.25) is 4.79 Å². The molecule has 1 aliphatic carbocycles. The van der Waals surface area contributed by atoms with Gasteiger partial charge in [0.1, 0.15) is 5.76 Å². The Labute approximate surface area is 167 Å². The molecule has 0 saturated heterocycles. The molecule has 0 radical (unpaired) electrons. The van der Waals surface area contributed by atoms with Crippen molar-refractivity contribution < 1.29 is 17.6 Å². The van der Waals surface area contributed by atoms with Crippen LogP contribution in [0.25, 0.3) is 0 Å². The maximum absolute atomic E-state index is 12.6. The Bertz CT molecular complexity index is 868. The summed E-state index contributed by atoms with van der Waals surface area (Å²) in [4.78, 5) is 14.6. The fraction of sp³-hybridized carbons (Fsp3) is 0.476. The molecule has 28 heavy (non-hydrogen) atoms. The lowest BCUT2D eigenvalue weighted by molar-refractivity contribution is -0.136. The number of nitrogens with one attached hydrogen (secondary N) is 1. The zero-order chi connectivity index (χ0) is 20.1. The van der Waals surface area contributed by atoms with Gasteiger partial charge in [-0.2, -0.15) is 0 Å². The van der Waals surface area contributed by atoms with Crippen LogP contribution in [0.4, 0.5) is 0 Å². The first-order valence-electron chi connectivity index (χ1n) is 9.69. The Morgan fingerprint density at radius 1 is 1.14 bits per heavy atom. The predicted octanol–water partition coefficient (Wildman–Crippen LogP) is 3.33. The highest BCUT2D eigenvalue weighted by Crippen LogP contribution is 2.30. The van der Waals surface area contributed by atoms with Crippen molar-refractivity contribution >= 4 is 15.9 Å². The van der Waals surface area contributed by atoms with Crippen LogP contribution in [-0.2, 0) is 21.4 Å². The predicted molar refractivity (Wildman–Crippen MR) is 107 cm³/mol. The van der Waals surface area contributed by atoms with Crippen molar-refractivity contribution in [1.82, 2.24) is 9.62 Å². The molecule has 0 unspecified atom stereocenters. The zero-order valence-electron chi connectivity index (χ0n) is 16.4. The van der Waals surface area contributed by atoms with Gasteiger partial charge in [-0.1, -0.05) is 17.7 Å². The third-order valence-corrected chi connectivity index (χ3v) is 6.88. The Kier molecular flexibility index (Phi) is 6.57. The number of amides is 1. The Morgan fingerprint density at radius 3 is 2.43 bits per heavy atom. The van der Waals surface area contributed by atoms with Crippen LogP contribution < -0.4 is 4.72 Å². The van der Waals surface area contributed by atoms with Crippen LogP contribution in [0.3, 0.4) is 0 Å². The second kappa shape index (κ2) is 8.92. The number of rotatable bonds is 7. The van der Waals surface area contributed by atoms with Crippen molar-refractivity contribution in [2.75, 3.05) is 13.6 Å². The van der Waals surface area contributed by atoms with Gasteiger partial charge in [0.25, 0.3) is 0 Å². The quantitative estimate of drug-likeness (QED) is 0.768. The monoisotopic (exact) mass is 404 g/mol. The third-order valence-electron chi connectivity index (χ3n) is 5.44. The van der Waals surface area contributed by atoms with Crippen LogP contribution in [0.15, 0.2) is 52.0 Å². The minimum Gasteiger partial charge on any atom is -0.467 e. The van der Waals surface area contributed by atoms with Gasteiger partial charge < -0.3 is 9.32 Å². The van der Waals surface area contributed by atoms with E-state index < -0.39 is 10.0 Å². The zero-order valence-corrected chi connectivity index (χ0v) is 17.2. The fourth-order valence-electron chi connectivity index (χ4n) is 3.67. The Hall–Kier alpha value is -2.12. The first-order chi connectivity index (χ1) is 13.3. The molecule has 1 aromatic heterocycles. The van der Waals surface area contributed by atoms with Crippen LogP contribution in [0.2, 0.25) is 0 Å². The summed E-state index contributed by atoms with van der Waals surface area (Å²) in [5.74, 6) is 1.18. The van der Waals surface area contributed by atoms with Gasteiger partial charge in [0.2, 0.25) is 15.9 Å². The summed E-state index contributed by atoms with van der Waals surface area (Å²) in [6.45, 7) is 2.82. The molecule has 2 aromatic rings. The van der Waals surface area contributed by atoms with Crippen LogP contribution in [0, 0.1) is 18.8 Å². The Morgan fingerprint density at radius 2 is 1.82 bits per heavy atom. The lowest BCUT2D eigenvalue weighted by atomic mass is 9.81. The molecule has 1 heterocycles. The van der Waals surface area contributed by atoms with E-state index in [1.54, 1.807) is 42.5 Å². The highest BCUT2D eigenvalue weighted by atomic mass is 32.2. The molecule has 1 aliphatic rings. The van der Waals surface area contributed by atoms with Crippen LogP contribution >= 0.6 is 0 Å². The Balaban J connectivity index is 1.46. The number of furan rings is 1. The minimum absolute atomic E-state index is 0.00455. The second-order valence-electron chi connectivity index (χ2n) is 7.66. The highest BCUT2D eigenvalue weighted by Gasteiger charge is 2.29. The number of benzene rings is 1. The molecule has 0 spiro atoms. The molecular formula is C21H28N2O4S. The topological polar surface area (TPSA) is 79.6 Å². The summed E-state index contributed by atoms with van der Waals surface area (Å²) >= 11 is 0. The number of aryl methyl sites for hydroxylation is 1. The molecular weight excluding hydrogens is 376 g/mol. The number of carbonyl (C=O) groups is 1. The molecule has 1 fully saturated rings. The summed E-state index contributed by atoms with van der Waals surface area (Å²) in [5, 5.41) is 0. The van der Waals surface area contributed by atoms with Gasteiger partial charge >= 0.3 is 0 Å². The number of hydrogen-bond acceptors (Lipinski definition) is 4. The van der Waals surface area contributed by atoms with E-state index in [2.05, 4.69) is 4.72 Å². The van der Waals surface area contributed by atoms with E-state index >= 15 is 0 Å². The molecule has 1 N–H and O–H groups in total. The van der Waals surface area contributed by atoms with E-state index in [-0.39, 0.29) is 17.7 Å². The summed E-state index contributed by atoms with van der Waals surface area (Å²) in [6.07, 6.45) is 4.88. The third kappa shape index (κ3) is 5.23. The SMILES string of the molecule is Cc1ccc(S(=O)(=O)NCC2CCC(C(=O)N(C)Cc3ccco3)CC2)cc1. The van der Waals surface area contributed by atoms with Crippen molar-refractivity contribution in [3.8, 4) is 0 Å². The summed E-state index contributed by atoms with van der Waals surface area (Å²) < 4.78 is 32.9. The van der Waals surface area contributed by atoms with Gasteiger partial charge in [0.15, 0.2) is 0 Å². The average Bonchev–Trinajstić information content (AvgIpc) is 3.19. The van der Waals surface area contributed by atoms with E-state index in [4.69, 9.17) is 4.42 Å². The number of nitrogens with zero attached hydrogens (tertiary/aromatic N) is 1. The van der Waals surface area contributed by atoms with E-state index in [1.807, 2.05) is 19.1 Å². The maximum Gasteiger partial charge on any atom is 0.240 e. The fourth-order valence-corrected chi connectivity index (χ4v) is 4.78. The molecule has 0 atom stereocenters. The normalized spacial score (nSPS) is 20.1. The molecule has 0 bridgehead atoms. The van der Waals surface area contributed by atoms with Crippen LogP contribution in [0.1, 0.15) is 37.0 Å². The van der Waals surface area contributed by atoms with Crippen molar-refractivity contribution in [2.24, 2.45) is 11.8 Å². The highest BCUT2D eigenvalue weighted by molar-refractivity contribution is 7.89. The summed E-state index contributed by atoms with van der Waals surface area (Å²) in [5.41, 5.74) is 1.03. The second-order valence-corrected chi connectivity index (χ2v) is 9.42. The molecule has 1 saturated carbocycles. The molecule has 0 aliphatic heterocycles. The van der Waals surface area contributed by atoms with Gasteiger partial charge in [-0.25, -0.2) is 13.1 Å². The van der Waals surface area contributed by atoms with Gasteiger partial charge in [-0.05, 0) is 62.8 Å². The van der Waals surface area contributed by atoms with E-state index in [0.29, 0.717) is 18.0 Å². The smallest absolute Gasteiger partial charge is 0.240 e. The molecule has 7 heteroatoms. The van der Waals surface area contributed by atoms with E-state index in [1.165, 1.54) is 0 Å². The van der Waals surface area contributed by atoms with E-state index in [0.717, 1.165) is 37.0 Å². The number of sulfonamides is 1. The summed E-state index contributed by atoms with van der Waals surface area (Å²) in [6, 6.07) is 10.5. The van der Waals surface area contributed by atoms with E-state index in [9.17, 15) is 13.2 Å². The first kappa shape index (κ1) is 20.6. The lowest BCUT2D eigenvalue weighted by Gasteiger charge is -2.30. The lowest BCUT2D eigenvalue weighted by Crippen LogP contribution is -2.36. The van der Waals surface area contributed by atoms with Crippen LogP contribution in [-0.4, -0.2) is 32.8 Å².